The van der Waals surface area contributed by atoms with E-state index in [1.807, 2.05) is 0 Å². The minimum atomic E-state index is 0.672. The fourth-order valence-electron chi connectivity index (χ4n) is 10.6. The number of hydrogen-bond donors (Lipinski definition) is 0. The molecular weight excluding hydrogens is 360 g/mol. The van der Waals surface area contributed by atoms with Crippen molar-refractivity contribution in [2.75, 3.05) is 0 Å². The fourth-order valence-corrected chi connectivity index (χ4v) is 10.6. The van der Waals surface area contributed by atoms with Crippen LogP contribution in [0, 0.1) is 70.0 Å². The lowest BCUT2D eigenvalue weighted by atomic mass is 9.33. The van der Waals surface area contributed by atoms with E-state index < -0.39 is 0 Å². The van der Waals surface area contributed by atoms with E-state index in [-0.39, 0.29) is 0 Å². The molecule has 168 valence electrons. The van der Waals surface area contributed by atoms with Crippen LogP contribution in [-0.4, -0.2) is 0 Å². The molecule has 0 aromatic heterocycles. The van der Waals surface area contributed by atoms with Crippen LogP contribution in [0.5, 0.6) is 0 Å². The second-order valence-corrected chi connectivity index (χ2v) is 13.6. The normalized spacial score (nSPS) is 52.7. The highest BCUT2D eigenvalue weighted by atomic mass is 14.7. The molecule has 0 saturated heterocycles. The third-order valence-corrected chi connectivity index (χ3v) is 11.9. The molecule has 0 aromatic carbocycles. The zero-order chi connectivity index (χ0) is 21.6. The van der Waals surface area contributed by atoms with Crippen molar-refractivity contribution in [3.05, 3.63) is 23.8 Å². The highest BCUT2D eigenvalue weighted by Crippen LogP contribution is 2.73. The van der Waals surface area contributed by atoms with Crippen molar-refractivity contribution < 1.29 is 0 Å². The molecule has 0 heteroatoms. The van der Waals surface area contributed by atoms with Gasteiger partial charge in [0.25, 0.3) is 0 Å². The van der Waals surface area contributed by atoms with Crippen molar-refractivity contribution >= 4 is 0 Å². The van der Waals surface area contributed by atoms with Crippen LogP contribution in [0.25, 0.3) is 0 Å². The summed E-state index contributed by atoms with van der Waals surface area (Å²) < 4.78 is 0. The Morgan fingerprint density at radius 2 is 1.37 bits per heavy atom. The number of allylic oxidation sites excluding steroid dienone is 3. The van der Waals surface area contributed by atoms with E-state index in [2.05, 4.69) is 61.1 Å². The Hall–Kier alpha value is -0.520. The summed E-state index contributed by atoms with van der Waals surface area (Å²) in [5.74, 6) is 9.81. The molecule has 0 spiro atoms. The predicted octanol–water partition coefficient (Wildman–Crippen LogP) is 8.54. The predicted molar refractivity (Wildman–Crippen MR) is 129 cm³/mol. The van der Waals surface area contributed by atoms with Crippen molar-refractivity contribution in [3.63, 3.8) is 0 Å². The smallest absolute Gasteiger partial charge is 0.0115 e. The maximum Gasteiger partial charge on any atom is -0.0115 e. The summed E-state index contributed by atoms with van der Waals surface area (Å²) in [5.41, 5.74) is 4.69. The molecular formula is C30H48. The van der Waals surface area contributed by atoms with Gasteiger partial charge in [0.15, 0.2) is 0 Å². The van der Waals surface area contributed by atoms with Gasteiger partial charge in [-0.3, -0.25) is 0 Å². The summed E-state index contributed by atoms with van der Waals surface area (Å²) in [6.45, 7) is 21.5. The number of fused-ring (bicyclic) bond motifs is 3. The molecule has 8 aliphatic rings. The first-order valence-corrected chi connectivity index (χ1v) is 13.5. The minimum Gasteiger partial charge on any atom is -0.0995 e. The van der Waals surface area contributed by atoms with Crippen molar-refractivity contribution in [1.29, 1.82) is 0 Å². The van der Waals surface area contributed by atoms with Crippen molar-refractivity contribution in [1.82, 2.24) is 0 Å². The van der Waals surface area contributed by atoms with E-state index in [1.54, 1.807) is 11.1 Å². The standard InChI is InChI=1S/2C15H24/c2*1-9(2)11-7-8-15(4)12-6-5-10(3)14(15)13(11)12/h5,9,11-14H,6-8H2,1-4H3;9,11-14H,3,5-8H2,1-2,4H3/t2*11-,12-,13?,14+,15?/m00/s1. The van der Waals surface area contributed by atoms with Gasteiger partial charge >= 0.3 is 0 Å². The lowest BCUT2D eigenvalue weighted by Crippen LogP contribution is -2.64. The number of rotatable bonds is 2. The molecule has 6 saturated carbocycles. The zero-order valence-corrected chi connectivity index (χ0v) is 21.0. The molecule has 10 atom stereocenters. The summed E-state index contributed by atoms with van der Waals surface area (Å²) in [6, 6.07) is 0. The van der Waals surface area contributed by atoms with E-state index in [0.29, 0.717) is 10.8 Å². The first-order chi connectivity index (χ1) is 14.1. The van der Waals surface area contributed by atoms with Crippen molar-refractivity contribution in [2.24, 2.45) is 70.0 Å². The molecule has 0 amide bonds. The quantitative estimate of drug-likeness (QED) is 0.401. The maximum atomic E-state index is 4.35. The monoisotopic (exact) mass is 408 g/mol. The zero-order valence-electron chi connectivity index (χ0n) is 21.0. The van der Waals surface area contributed by atoms with Crippen molar-refractivity contribution in [2.45, 2.75) is 93.4 Å². The Morgan fingerprint density at radius 3 is 1.87 bits per heavy atom. The first-order valence-electron chi connectivity index (χ1n) is 13.5. The molecule has 0 N–H and O–H groups in total. The SMILES string of the molecule is C=C1CC[C@H]2C3[C@H](C(C)C)CCC2(C)[C@H]13.CC1=CC[C@H]2C3[C@H](C(C)C)CCC2(C)[C@H]13. The molecule has 4 unspecified atom stereocenters. The van der Waals surface area contributed by atoms with Crippen LogP contribution in [0.3, 0.4) is 0 Å². The molecule has 0 nitrogen and oxygen atoms in total. The summed E-state index contributed by atoms with van der Waals surface area (Å²) in [6.07, 6.45) is 12.6. The first kappa shape index (κ1) is 21.3. The average molecular weight is 409 g/mol. The lowest BCUT2D eigenvalue weighted by molar-refractivity contribution is -0.194. The summed E-state index contributed by atoms with van der Waals surface area (Å²) in [5, 5.41) is 0. The third-order valence-electron chi connectivity index (χ3n) is 11.9. The molecule has 6 fully saturated rings. The van der Waals surface area contributed by atoms with E-state index >= 15 is 0 Å². The van der Waals surface area contributed by atoms with Crippen LogP contribution < -0.4 is 0 Å². The summed E-state index contributed by atoms with van der Waals surface area (Å²) >= 11 is 0. The molecule has 0 aliphatic heterocycles. The van der Waals surface area contributed by atoms with Crippen LogP contribution in [0.2, 0.25) is 0 Å². The largest absolute Gasteiger partial charge is 0.0995 e. The van der Waals surface area contributed by atoms with E-state index in [0.717, 1.165) is 59.2 Å². The Balaban J connectivity index is 0.000000128. The average Bonchev–Trinajstić information content (AvgIpc) is 2.68. The molecule has 8 bridgehead atoms. The van der Waals surface area contributed by atoms with Gasteiger partial charge in [-0.25, -0.2) is 0 Å². The molecule has 0 radical (unpaired) electrons. The summed E-state index contributed by atoms with van der Waals surface area (Å²) in [4.78, 5) is 0. The van der Waals surface area contributed by atoms with Gasteiger partial charge in [-0.05, 0) is 122 Å². The lowest BCUT2D eigenvalue weighted by Gasteiger charge is -2.71. The molecule has 30 heavy (non-hydrogen) atoms. The second-order valence-electron chi connectivity index (χ2n) is 13.6. The van der Waals surface area contributed by atoms with Crippen LogP contribution in [-0.2, 0) is 0 Å². The van der Waals surface area contributed by atoms with Gasteiger partial charge in [0.2, 0.25) is 0 Å². The highest BCUT2D eigenvalue weighted by molar-refractivity contribution is 5.28. The van der Waals surface area contributed by atoms with Gasteiger partial charge in [-0.1, -0.05) is 65.3 Å². The Kier molecular flexibility index (Phi) is 4.97. The number of hydrogen-bond acceptors (Lipinski definition) is 0. The molecule has 8 rings (SSSR count). The highest BCUT2D eigenvalue weighted by Gasteiger charge is 2.66. The summed E-state index contributed by atoms with van der Waals surface area (Å²) in [7, 11) is 0. The van der Waals surface area contributed by atoms with Gasteiger partial charge in [-0.2, -0.15) is 0 Å². The minimum absolute atomic E-state index is 0.672. The molecule has 0 heterocycles. The molecule has 8 aliphatic carbocycles. The van der Waals surface area contributed by atoms with Crippen LogP contribution >= 0.6 is 0 Å². The second kappa shape index (κ2) is 6.99. The van der Waals surface area contributed by atoms with E-state index in [1.165, 1.54) is 44.9 Å². The topological polar surface area (TPSA) is 0 Å². The van der Waals surface area contributed by atoms with Crippen LogP contribution in [0.1, 0.15) is 93.4 Å². The third kappa shape index (κ3) is 2.64. The van der Waals surface area contributed by atoms with Gasteiger partial charge in [-0.15, -0.1) is 0 Å². The van der Waals surface area contributed by atoms with Gasteiger partial charge in [0, 0.05) is 0 Å². The van der Waals surface area contributed by atoms with Gasteiger partial charge in [0.05, 0.1) is 0 Å². The Bertz CT molecular complexity index is 719. The fraction of sp³-hybridized carbons (Fsp3) is 0.867. The van der Waals surface area contributed by atoms with E-state index in [9.17, 15) is 0 Å². The Labute approximate surface area is 187 Å². The molecule has 0 aromatic rings. The Morgan fingerprint density at radius 1 is 0.833 bits per heavy atom. The van der Waals surface area contributed by atoms with Crippen molar-refractivity contribution in [3.8, 4) is 0 Å². The van der Waals surface area contributed by atoms with E-state index in [4.69, 9.17) is 0 Å². The maximum absolute atomic E-state index is 4.35. The van der Waals surface area contributed by atoms with Crippen LogP contribution in [0.4, 0.5) is 0 Å². The van der Waals surface area contributed by atoms with Gasteiger partial charge in [0.1, 0.15) is 0 Å². The van der Waals surface area contributed by atoms with Crippen LogP contribution in [0.15, 0.2) is 23.8 Å². The van der Waals surface area contributed by atoms with Gasteiger partial charge < -0.3 is 0 Å².